The van der Waals surface area contributed by atoms with E-state index in [1.54, 1.807) is 44.4 Å². The molecule has 1 fully saturated rings. The molecule has 46 heavy (non-hydrogen) atoms. The first-order valence-corrected chi connectivity index (χ1v) is 14.5. The Morgan fingerprint density at radius 2 is 1.74 bits per heavy atom. The number of alkyl halides is 3. The van der Waals surface area contributed by atoms with Crippen molar-refractivity contribution in [2.24, 2.45) is 0 Å². The summed E-state index contributed by atoms with van der Waals surface area (Å²) in [6, 6.07) is 13.4. The second-order valence-corrected chi connectivity index (χ2v) is 11.4. The van der Waals surface area contributed by atoms with Crippen LogP contribution in [0.3, 0.4) is 0 Å². The molecule has 1 aliphatic heterocycles. The van der Waals surface area contributed by atoms with Crippen LogP contribution in [0.2, 0.25) is 0 Å². The third-order valence-corrected chi connectivity index (χ3v) is 7.68. The van der Waals surface area contributed by atoms with Gasteiger partial charge in [0.2, 0.25) is 11.9 Å². The van der Waals surface area contributed by atoms with Gasteiger partial charge in [0.15, 0.2) is 0 Å². The Labute approximate surface area is 263 Å². The zero-order valence-electron chi connectivity index (χ0n) is 25.6. The number of piperazine rings is 1. The molecule has 2 amide bonds. The van der Waals surface area contributed by atoms with Crippen LogP contribution in [0.15, 0.2) is 60.7 Å². The van der Waals surface area contributed by atoms with Crippen molar-refractivity contribution in [3.63, 3.8) is 0 Å². The Morgan fingerprint density at radius 3 is 2.43 bits per heavy atom. The maximum Gasteiger partial charge on any atom is 0.419 e. The van der Waals surface area contributed by atoms with E-state index in [0.717, 1.165) is 49.8 Å². The number of fused-ring (bicyclic) bond motifs is 1. The highest BCUT2D eigenvalue weighted by atomic mass is 19.4. The van der Waals surface area contributed by atoms with E-state index in [-0.39, 0.29) is 35.3 Å². The summed E-state index contributed by atoms with van der Waals surface area (Å²) < 4.78 is 46.3. The molecule has 1 aromatic heterocycles. The molecule has 5 N–H and O–H groups in total. The fourth-order valence-electron chi connectivity index (χ4n) is 5.24. The Morgan fingerprint density at radius 1 is 1.00 bits per heavy atom. The first-order valence-electron chi connectivity index (χ1n) is 14.5. The Kier molecular flexibility index (Phi) is 9.19. The quantitative estimate of drug-likeness (QED) is 0.246. The predicted molar refractivity (Wildman–Crippen MR) is 170 cm³/mol. The van der Waals surface area contributed by atoms with Gasteiger partial charge in [-0.25, -0.2) is 4.98 Å². The molecule has 0 spiro atoms. The van der Waals surface area contributed by atoms with E-state index < -0.39 is 29.4 Å². The summed E-state index contributed by atoms with van der Waals surface area (Å²) in [4.78, 5) is 41.2. The van der Waals surface area contributed by atoms with Crippen LogP contribution in [0.1, 0.15) is 21.5 Å². The van der Waals surface area contributed by atoms with Gasteiger partial charge in [0.1, 0.15) is 23.4 Å². The van der Waals surface area contributed by atoms with E-state index in [9.17, 15) is 22.8 Å². The molecule has 0 radical (unpaired) electrons. The van der Waals surface area contributed by atoms with Crippen molar-refractivity contribution >= 4 is 40.2 Å². The zero-order valence-corrected chi connectivity index (χ0v) is 25.6. The molecule has 2 heterocycles. The molecule has 1 atom stereocenters. The van der Waals surface area contributed by atoms with Crippen molar-refractivity contribution < 1.29 is 27.5 Å². The minimum absolute atomic E-state index is 0.0409. The van der Waals surface area contributed by atoms with E-state index in [4.69, 9.17) is 16.2 Å². The lowest BCUT2D eigenvalue weighted by atomic mass is 10.0. The van der Waals surface area contributed by atoms with Crippen LogP contribution in [0, 0.1) is 0 Å². The Hall–Kier alpha value is -5.11. The van der Waals surface area contributed by atoms with E-state index in [1.807, 2.05) is 0 Å². The smallest absolute Gasteiger partial charge is 0.419 e. The van der Waals surface area contributed by atoms with Crippen molar-refractivity contribution in [2.45, 2.75) is 18.6 Å². The maximum absolute atomic E-state index is 13.6. The Balaban J connectivity index is 1.37. The highest BCUT2D eigenvalue weighted by molar-refractivity contribution is 6.02. The lowest BCUT2D eigenvalue weighted by Crippen LogP contribution is -2.47. The van der Waals surface area contributed by atoms with Crippen LogP contribution < -0.4 is 26.4 Å². The molecule has 1 aliphatic rings. The van der Waals surface area contributed by atoms with Crippen molar-refractivity contribution in [1.82, 2.24) is 25.1 Å². The normalized spacial score (nSPS) is 14.6. The number of amides is 2. The molecule has 242 valence electrons. The molecule has 0 bridgehead atoms. The van der Waals surface area contributed by atoms with Crippen LogP contribution in [0.5, 0.6) is 11.5 Å². The van der Waals surface area contributed by atoms with Crippen molar-refractivity contribution in [2.75, 3.05) is 63.7 Å². The monoisotopic (exact) mass is 636 g/mol. The lowest BCUT2D eigenvalue weighted by Gasteiger charge is -2.33. The number of likely N-dealkylation sites (N-methyl/N-ethyl adjacent to an activating group) is 2. The van der Waals surface area contributed by atoms with E-state index in [2.05, 4.69) is 32.1 Å². The molecule has 1 saturated heterocycles. The van der Waals surface area contributed by atoms with Crippen molar-refractivity contribution in [1.29, 1.82) is 0 Å². The van der Waals surface area contributed by atoms with Gasteiger partial charge in [0, 0.05) is 69.4 Å². The maximum atomic E-state index is 13.6. The van der Waals surface area contributed by atoms with Gasteiger partial charge in [-0.05, 0) is 55.1 Å². The number of hydrogen-bond donors (Lipinski definition) is 3. The summed E-state index contributed by atoms with van der Waals surface area (Å²) in [5.41, 5.74) is 12.2. The fraction of sp³-hybridized carbons (Fsp3) is 0.312. The lowest BCUT2D eigenvalue weighted by molar-refractivity contribution is -0.138. The van der Waals surface area contributed by atoms with Crippen molar-refractivity contribution in [3.05, 3.63) is 77.4 Å². The number of nitrogens with two attached hydrogens (primary N) is 2. The molecule has 0 aliphatic carbocycles. The van der Waals surface area contributed by atoms with E-state index in [0.29, 0.717) is 16.9 Å². The third-order valence-electron chi connectivity index (χ3n) is 7.68. The molecule has 1 unspecified atom stereocenters. The molecule has 14 heteroatoms. The van der Waals surface area contributed by atoms with Gasteiger partial charge < -0.3 is 36.2 Å². The van der Waals surface area contributed by atoms with Gasteiger partial charge in [0.05, 0.1) is 11.1 Å². The number of anilines is 3. The van der Waals surface area contributed by atoms with Gasteiger partial charge in [-0.3, -0.25) is 9.59 Å². The number of nitrogen functional groups attached to an aromatic ring is 2. The first-order chi connectivity index (χ1) is 21.8. The number of halogens is 3. The highest BCUT2D eigenvalue weighted by Crippen LogP contribution is 2.39. The van der Waals surface area contributed by atoms with Gasteiger partial charge in [-0.15, -0.1) is 0 Å². The number of benzene rings is 3. The number of rotatable bonds is 8. The molecule has 3 aromatic carbocycles. The number of hydrogen-bond acceptors (Lipinski definition) is 9. The second kappa shape index (κ2) is 13.1. The van der Waals surface area contributed by atoms with Crippen LogP contribution in [0.25, 0.3) is 10.9 Å². The average molecular weight is 637 g/mol. The molecule has 5 rings (SSSR count). The molecule has 4 aromatic rings. The average Bonchev–Trinajstić information content (AvgIpc) is 2.99. The van der Waals surface area contributed by atoms with Gasteiger partial charge >= 0.3 is 6.18 Å². The van der Waals surface area contributed by atoms with Crippen molar-refractivity contribution in [3.8, 4) is 11.5 Å². The summed E-state index contributed by atoms with van der Waals surface area (Å²) in [6.07, 6.45) is -4.61. The number of carbonyl (C=O) groups excluding carboxylic acids is 2. The van der Waals surface area contributed by atoms with Gasteiger partial charge in [0.25, 0.3) is 5.91 Å². The summed E-state index contributed by atoms with van der Waals surface area (Å²) >= 11 is 0. The predicted octanol–water partition coefficient (Wildman–Crippen LogP) is 3.79. The van der Waals surface area contributed by atoms with Crippen LogP contribution in [0.4, 0.5) is 30.6 Å². The van der Waals surface area contributed by atoms with Crippen LogP contribution in [-0.2, 0) is 17.4 Å². The number of nitrogens with one attached hydrogen (secondary N) is 1. The molecule has 0 saturated carbocycles. The largest absolute Gasteiger partial charge is 0.457 e. The molecular weight excluding hydrogens is 601 g/mol. The number of carbonyl (C=O) groups is 2. The Bertz CT molecular complexity index is 1760. The summed E-state index contributed by atoms with van der Waals surface area (Å²) in [5, 5.41) is 3.56. The molecular formula is C32H35F3N8O3. The summed E-state index contributed by atoms with van der Waals surface area (Å²) in [7, 11) is 5.19. The standard InChI is InChI=1S/C32H35F3N8O3/c1-41(2)30(45)26(16-19-5-4-6-22(15-19)46-27-18-21(36)8-10-24(27)32(33,34)35)38-29(44)20-7-9-23-25(17-20)39-31(37)40-28(23)43-13-11-42(3)12-14-43/h4-10,15,17-18,26H,11-14,16,36H2,1-3H3,(H,38,44)(H2,37,39,40). The number of ether oxygens (including phenoxy) is 1. The topological polar surface area (TPSA) is 143 Å². The molecule has 11 nitrogen and oxygen atoms in total. The number of aromatic nitrogens is 2. The number of nitrogens with zero attached hydrogens (tertiary/aromatic N) is 5. The second-order valence-electron chi connectivity index (χ2n) is 11.4. The minimum Gasteiger partial charge on any atom is -0.457 e. The third kappa shape index (κ3) is 7.40. The van der Waals surface area contributed by atoms with Gasteiger partial charge in [-0.1, -0.05) is 12.1 Å². The first kappa shape index (κ1) is 32.3. The summed E-state index contributed by atoms with van der Waals surface area (Å²) in [5.74, 6) is -0.440. The fourth-order valence-corrected chi connectivity index (χ4v) is 5.24. The van der Waals surface area contributed by atoms with Crippen LogP contribution >= 0.6 is 0 Å². The highest BCUT2D eigenvalue weighted by Gasteiger charge is 2.34. The van der Waals surface area contributed by atoms with E-state index >= 15 is 0 Å². The summed E-state index contributed by atoms with van der Waals surface area (Å²) in [6.45, 7) is 3.29. The van der Waals surface area contributed by atoms with Gasteiger partial charge in [-0.2, -0.15) is 18.2 Å². The van der Waals surface area contributed by atoms with Crippen LogP contribution in [-0.4, -0.2) is 84.9 Å². The zero-order chi connectivity index (χ0) is 33.2. The minimum atomic E-state index is -4.65. The van der Waals surface area contributed by atoms with E-state index in [1.165, 1.54) is 17.0 Å². The SMILES string of the molecule is CN1CCN(c2nc(N)nc3cc(C(=O)NC(Cc4cccc(Oc5cc(N)ccc5C(F)(F)F)c4)C(=O)N(C)C)ccc23)CC1.